The van der Waals surface area contributed by atoms with Crippen molar-refractivity contribution in [2.24, 2.45) is 0 Å². The van der Waals surface area contributed by atoms with Crippen LogP contribution in [0.15, 0.2) is 38.6 Å². The van der Waals surface area contributed by atoms with Gasteiger partial charge in [0.25, 0.3) is 11.1 Å². The molecule has 4 aromatic rings. The highest BCUT2D eigenvalue weighted by Gasteiger charge is 2.19. The van der Waals surface area contributed by atoms with Gasteiger partial charge in [-0.3, -0.25) is 19.1 Å². The molecule has 0 bridgehead atoms. The Labute approximate surface area is 164 Å². The highest BCUT2D eigenvalue weighted by molar-refractivity contribution is 5.76. The predicted molar refractivity (Wildman–Crippen MR) is 108 cm³/mol. The van der Waals surface area contributed by atoms with Crippen LogP contribution in [0.1, 0.15) is 32.5 Å². The average Bonchev–Trinajstić information content (AvgIpc) is 3.08. The number of hydrogen-bond acceptors (Lipinski definition) is 6. The number of benzene rings is 1. The summed E-state index contributed by atoms with van der Waals surface area (Å²) in [6.07, 6.45) is 1.68. The van der Waals surface area contributed by atoms with Crippen LogP contribution in [0.4, 0.5) is 0 Å². The molecule has 0 aliphatic heterocycles. The number of fused-ring (bicyclic) bond motifs is 2. The lowest BCUT2D eigenvalue weighted by molar-refractivity contribution is 0.560. The molecular formula is C19H21N7O3. The van der Waals surface area contributed by atoms with E-state index in [0.29, 0.717) is 41.0 Å². The molecule has 0 aliphatic rings. The van der Waals surface area contributed by atoms with Gasteiger partial charge in [-0.2, -0.15) is 0 Å². The molecule has 10 heteroatoms. The van der Waals surface area contributed by atoms with Gasteiger partial charge in [-0.05, 0) is 25.5 Å². The molecule has 3 aromatic heterocycles. The van der Waals surface area contributed by atoms with Crippen LogP contribution >= 0.6 is 0 Å². The Morgan fingerprint density at radius 1 is 1.07 bits per heavy atom. The van der Waals surface area contributed by atoms with Crippen molar-refractivity contribution in [3.8, 4) is 0 Å². The monoisotopic (exact) mass is 395 g/mol. The number of nitrogens with zero attached hydrogens (tertiary/aromatic N) is 6. The largest absolute Gasteiger partial charge is 0.330 e. The molecule has 0 atom stereocenters. The second-order valence-corrected chi connectivity index (χ2v) is 6.78. The Morgan fingerprint density at radius 3 is 2.62 bits per heavy atom. The summed E-state index contributed by atoms with van der Waals surface area (Å²) in [5, 5.41) is 8.55. The summed E-state index contributed by atoms with van der Waals surface area (Å²) in [7, 11) is 0. The molecule has 4 rings (SSSR count). The van der Waals surface area contributed by atoms with E-state index < -0.39 is 11.2 Å². The van der Waals surface area contributed by atoms with Crippen LogP contribution in [0.3, 0.4) is 0 Å². The third-order valence-corrected chi connectivity index (χ3v) is 4.94. The first-order valence-corrected chi connectivity index (χ1v) is 9.60. The molecular weight excluding hydrogens is 374 g/mol. The minimum absolute atomic E-state index is 0.0423. The Morgan fingerprint density at radius 2 is 1.86 bits per heavy atom. The Hall–Kier alpha value is -3.56. The maximum atomic E-state index is 12.8. The Bertz CT molecular complexity index is 1380. The Kier molecular flexibility index (Phi) is 4.83. The van der Waals surface area contributed by atoms with Gasteiger partial charge in [-0.15, -0.1) is 5.10 Å². The van der Waals surface area contributed by atoms with Crippen LogP contribution in [0.2, 0.25) is 0 Å². The topological polar surface area (TPSA) is 120 Å². The molecule has 0 amide bonds. The molecule has 0 unspecified atom stereocenters. The quantitative estimate of drug-likeness (QED) is 0.517. The van der Waals surface area contributed by atoms with Gasteiger partial charge in [-0.1, -0.05) is 30.7 Å². The average molecular weight is 395 g/mol. The number of unbranched alkanes of at least 4 members (excludes halogenated alkanes) is 1. The molecule has 10 nitrogen and oxygen atoms in total. The first-order valence-electron chi connectivity index (χ1n) is 9.60. The van der Waals surface area contributed by atoms with Crippen LogP contribution in [0.5, 0.6) is 0 Å². The van der Waals surface area contributed by atoms with Crippen LogP contribution < -0.4 is 16.8 Å². The van der Waals surface area contributed by atoms with Crippen molar-refractivity contribution in [1.29, 1.82) is 0 Å². The summed E-state index contributed by atoms with van der Waals surface area (Å²) < 4.78 is 4.41. The zero-order valence-corrected chi connectivity index (χ0v) is 16.3. The summed E-state index contributed by atoms with van der Waals surface area (Å²) in [4.78, 5) is 44.5. The predicted octanol–water partition coefficient (Wildman–Crippen LogP) is 0.859. The van der Waals surface area contributed by atoms with Crippen molar-refractivity contribution in [1.82, 2.24) is 34.1 Å². The lowest BCUT2D eigenvalue weighted by Crippen LogP contribution is -2.31. The molecule has 1 N–H and O–H groups in total. The summed E-state index contributed by atoms with van der Waals surface area (Å²) in [6, 6.07) is 6.97. The summed E-state index contributed by atoms with van der Waals surface area (Å²) in [5.41, 5.74) is -0.0998. The first kappa shape index (κ1) is 18.8. The van der Waals surface area contributed by atoms with Crippen molar-refractivity contribution in [2.75, 3.05) is 0 Å². The fraction of sp³-hybridized carbons (Fsp3) is 0.368. The number of aromatic amines is 1. The van der Waals surface area contributed by atoms with Gasteiger partial charge in [0.05, 0.1) is 5.39 Å². The van der Waals surface area contributed by atoms with Crippen LogP contribution in [0.25, 0.3) is 22.1 Å². The lowest BCUT2D eigenvalue weighted by atomic mass is 10.2. The molecule has 0 fully saturated rings. The first-order chi connectivity index (χ1) is 14.0. The maximum absolute atomic E-state index is 12.8. The van der Waals surface area contributed by atoms with Gasteiger partial charge >= 0.3 is 5.69 Å². The molecule has 0 saturated carbocycles. The minimum atomic E-state index is -0.490. The van der Waals surface area contributed by atoms with E-state index in [0.717, 1.165) is 12.8 Å². The molecule has 0 saturated heterocycles. The molecule has 0 radical (unpaired) electrons. The van der Waals surface area contributed by atoms with Crippen molar-refractivity contribution >= 4 is 22.1 Å². The lowest BCUT2D eigenvalue weighted by Gasteiger charge is -2.07. The SMILES string of the molecule is CCCCn1c(=O)[nH]c(=O)c2c1nc(Cn1nnc3ccccc3c1=O)n2CC. The van der Waals surface area contributed by atoms with Crippen LogP contribution in [-0.2, 0) is 19.6 Å². The van der Waals surface area contributed by atoms with Gasteiger partial charge < -0.3 is 4.57 Å². The van der Waals surface area contributed by atoms with E-state index in [1.807, 2.05) is 13.8 Å². The number of aromatic nitrogens is 7. The fourth-order valence-electron chi connectivity index (χ4n) is 3.46. The second-order valence-electron chi connectivity index (χ2n) is 6.78. The number of imidazole rings is 1. The van der Waals surface area contributed by atoms with E-state index in [4.69, 9.17) is 0 Å². The number of aryl methyl sites for hydroxylation is 2. The van der Waals surface area contributed by atoms with Gasteiger partial charge in [0.2, 0.25) is 0 Å². The summed E-state index contributed by atoms with van der Waals surface area (Å²) in [5.74, 6) is 0.468. The third-order valence-electron chi connectivity index (χ3n) is 4.94. The van der Waals surface area contributed by atoms with E-state index in [1.54, 1.807) is 28.8 Å². The molecule has 1 aromatic carbocycles. The highest BCUT2D eigenvalue weighted by atomic mass is 16.2. The van der Waals surface area contributed by atoms with Gasteiger partial charge in [0.15, 0.2) is 11.2 Å². The number of nitrogens with one attached hydrogen (secondary N) is 1. The standard InChI is InChI=1S/C19H21N7O3/c1-3-5-10-25-16-15(17(27)21-19(25)29)24(4-2)14(20-16)11-26-18(28)12-8-6-7-9-13(12)22-23-26/h6-9H,3-5,10-11H2,1-2H3,(H,21,27,29). The zero-order chi connectivity index (χ0) is 20.5. The van der Waals surface area contributed by atoms with Gasteiger partial charge in [-0.25, -0.2) is 14.5 Å². The van der Waals surface area contributed by atoms with Crippen molar-refractivity contribution in [3.63, 3.8) is 0 Å². The van der Waals surface area contributed by atoms with E-state index in [-0.39, 0.29) is 12.1 Å². The van der Waals surface area contributed by atoms with Crippen molar-refractivity contribution in [3.05, 3.63) is 61.3 Å². The van der Waals surface area contributed by atoms with E-state index in [2.05, 4.69) is 20.3 Å². The highest BCUT2D eigenvalue weighted by Crippen LogP contribution is 2.13. The van der Waals surface area contributed by atoms with E-state index in [9.17, 15) is 14.4 Å². The fourth-order valence-corrected chi connectivity index (χ4v) is 3.46. The van der Waals surface area contributed by atoms with Crippen molar-refractivity contribution < 1.29 is 0 Å². The van der Waals surface area contributed by atoms with Gasteiger partial charge in [0.1, 0.15) is 17.9 Å². The molecule has 0 aliphatic carbocycles. The maximum Gasteiger partial charge on any atom is 0.330 e. The normalized spacial score (nSPS) is 11.5. The molecule has 3 heterocycles. The second kappa shape index (κ2) is 7.46. The van der Waals surface area contributed by atoms with E-state index >= 15 is 0 Å². The van der Waals surface area contributed by atoms with Crippen LogP contribution in [0, 0.1) is 0 Å². The van der Waals surface area contributed by atoms with Crippen LogP contribution in [-0.4, -0.2) is 34.1 Å². The Balaban J connectivity index is 1.89. The molecule has 0 spiro atoms. The molecule has 29 heavy (non-hydrogen) atoms. The molecule has 150 valence electrons. The van der Waals surface area contributed by atoms with Crippen molar-refractivity contribution in [2.45, 2.75) is 46.3 Å². The van der Waals surface area contributed by atoms with Gasteiger partial charge in [0, 0.05) is 13.1 Å². The minimum Gasteiger partial charge on any atom is -0.321 e. The number of H-pyrrole nitrogens is 1. The number of hydrogen-bond donors (Lipinski definition) is 1. The van der Waals surface area contributed by atoms with E-state index in [1.165, 1.54) is 9.25 Å². The smallest absolute Gasteiger partial charge is 0.321 e. The summed E-state index contributed by atoms with van der Waals surface area (Å²) in [6.45, 7) is 4.85. The number of rotatable bonds is 6. The zero-order valence-electron chi connectivity index (χ0n) is 16.3. The third kappa shape index (κ3) is 3.16. The summed E-state index contributed by atoms with van der Waals surface area (Å²) >= 11 is 0.